The fourth-order valence-electron chi connectivity index (χ4n) is 8.19. The van der Waals surface area contributed by atoms with E-state index in [1.807, 2.05) is 29.2 Å². The molecule has 3 aliphatic rings. The maximum Gasteiger partial charge on any atom is 0.490 e. The van der Waals surface area contributed by atoms with Crippen LogP contribution in [0.1, 0.15) is 69.2 Å². The molecule has 92 heavy (non-hydrogen) atoms. The third-order valence-corrected chi connectivity index (χ3v) is 12.7. The number of piperazine rings is 1. The van der Waals surface area contributed by atoms with Crippen molar-refractivity contribution in [3.8, 4) is 0 Å². The Morgan fingerprint density at radius 1 is 0.630 bits per heavy atom. The van der Waals surface area contributed by atoms with Gasteiger partial charge in [0.2, 0.25) is 35.4 Å². The zero-order valence-electron chi connectivity index (χ0n) is 48.9. The van der Waals surface area contributed by atoms with Gasteiger partial charge in [-0.3, -0.25) is 58.6 Å². The Bertz CT molecular complexity index is 2770. The quantitative estimate of drug-likeness (QED) is 0.0391. The van der Waals surface area contributed by atoms with Crippen LogP contribution in [0, 0.1) is 5.92 Å². The molecule has 3 aliphatic heterocycles. The first kappa shape index (κ1) is 81.1. The highest BCUT2D eigenvalue weighted by Crippen LogP contribution is 2.38. The number of aliphatic carboxylic acids is 4. The van der Waals surface area contributed by atoms with Crippen LogP contribution >= 0.6 is 0 Å². The number of guanidine groups is 1. The van der Waals surface area contributed by atoms with Crippen molar-refractivity contribution in [2.24, 2.45) is 28.1 Å². The number of nitrogens with two attached hydrogens (primary N) is 3. The molecule has 0 unspecified atom stereocenters. The highest BCUT2D eigenvalue weighted by atomic mass is 19.4. The van der Waals surface area contributed by atoms with Crippen molar-refractivity contribution in [2.75, 3.05) is 82.2 Å². The van der Waals surface area contributed by atoms with Gasteiger partial charge in [0.15, 0.2) is 5.96 Å². The number of para-hydroxylation sites is 3. The van der Waals surface area contributed by atoms with Gasteiger partial charge >= 0.3 is 48.6 Å². The zero-order chi connectivity index (χ0) is 70.5. The third-order valence-electron chi connectivity index (χ3n) is 12.7. The second kappa shape index (κ2) is 38.1. The van der Waals surface area contributed by atoms with Crippen LogP contribution in [0.2, 0.25) is 0 Å². The van der Waals surface area contributed by atoms with Crippen LogP contribution in [0.15, 0.2) is 53.5 Å². The molecule has 0 radical (unpaired) electrons. The predicted molar refractivity (Wildman–Crippen MR) is 298 cm³/mol. The van der Waals surface area contributed by atoms with Gasteiger partial charge in [0.1, 0.15) is 12.1 Å². The molecule has 0 saturated carbocycles. The van der Waals surface area contributed by atoms with Crippen LogP contribution in [-0.2, 0) is 47.9 Å². The van der Waals surface area contributed by atoms with E-state index in [0.717, 1.165) is 12.8 Å². The van der Waals surface area contributed by atoms with Crippen LogP contribution in [0.25, 0.3) is 0 Å². The fourth-order valence-corrected chi connectivity index (χ4v) is 8.19. The average Bonchev–Trinajstić information content (AvgIpc) is 1.58. The smallest absolute Gasteiger partial charge is 0.475 e. The minimum absolute atomic E-state index is 0.0546. The Labute approximate surface area is 515 Å². The number of carbonyl (C=O) groups excluding carboxylic acids is 7. The molecular formula is C52H69F12N13O15. The molecule has 0 aliphatic carbocycles. The summed E-state index contributed by atoms with van der Waals surface area (Å²) in [5.41, 5.74) is 18.7. The number of carboxylic acids is 4. The number of aliphatic imine (C=N–C) groups is 1. The topological polar surface area (TPSA) is 432 Å². The third kappa shape index (κ3) is 30.7. The number of likely N-dealkylation sites (tertiary alicyclic amines) is 1. The number of rotatable bonds is 20. The molecule has 2 aromatic carbocycles. The SMILES string of the molecule is CC(=O)N[C@@H](CCCN)C(=O)NC(=O)[C@H](C)NC(=O)[C@H](CCCN=C(N)N)NCCN1CCN(C(=O)CC2CCN(CC(=O)N3c4ccccc4NC(=O)c4ccccc43)CC2)CC1.O=C(O)C(F)(F)F.O=C(O)C(F)(F)F.O=C(O)C(F)(F)F.O=C(O)C(F)(F)F. The van der Waals surface area contributed by atoms with Gasteiger partial charge in [0, 0.05) is 59.2 Å². The molecule has 15 N–H and O–H groups in total. The number of hydrogen-bond acceptors (Lipinski definition) is 16. The van der Waals surface area contributed by atoms with Crippen molar-refractivity contribution >= 4 is 88.2 Å². The Hall–Kier alpha value is -8.92. The maximum atomic E-state index is 13.9. The van der Waals surface area contributed by atoms with E-state index in [2.05, 4.69) is 41.4 Å². The summed E-state index contributed by atoms with van der Waals surface area (Å²) in [6, 6.07) is 11.7. The van der Waals surface area contributed by atoms with Crippen LogP contribution < -0.4 is 48.7 Å². The summed E-state index contributed by atoms with van der Waals surface area (Å²) in [4.78, 5) is 138. The summed E-state index contributed by atoms with van der Waals surface area (Å²) >= 11 is 0. The van der Waals surface area contributed by atoms with E-state index in [0.29, 0.717) is 114 Å². The maximum absolute atomic E-state index is 13.9. The number of piperidine rings is 1. The molecule has 3 atom stereocenters. The van der Waals surface area contributed by atoms with E-state index in [1.165, 1.54) is 13.8 Å². The first-order valence-corrected chi connectivity index (χ1v) is 27.2. The number of benzene rings is 2. The van der Waals surface area contributed by atoms with E-state index in [9.17, 15) is 86.2 Å². The van der Waals surface area contributed by atoms with Gasteiger partial charge in [-0.2, -0.15) is 52.7 Å². The van der Waals surface area contributed by atoms with E-state index >= 15 is 0 Å². The predicted octanol–water partition coefficient (Wildman–Crippen LogP) is 2.10. The van der Waals surface area contributed by atoms with Crippen LogP contribution in [0.3, 0.4) is 0 Å². The number of nitrogens with zero attached hydrogens (tertiary/aromatic N) is 5. The molecule has 2 saturated heterocycles. The summed E-state index contributed by atoms with van der Waals surface area (Å²) in [7, 11) is 0. The van der Waals surface area contributed by atoms with Crippen LogP contribution in [-0.4, -0.2) is 221 Å². The normalized spacial score (nSPS) is 15.3. The second-order valence-corrected chi connectivity index (χ2v) is 19.8. The molecule has 3 heterocycles. The molecule has 5 rings (SSSR count). The van der Waals surface area contributed by atoms with Gasteiger partial charge in [0.05, 0.1) is 35.2 Å². The number of amides is 7. The Morgan fingerprint density at radius 3 is 1.59 bits per heavy atom. The van der Waals surface area contributed by atoms with Crippen molar-refractivity contribution in [1.29, 1.82) is 0 Å². The highest BCUT2D eigenvalue weighted by molar-refractivity contribution is 6.18. The molecular weight excluding hydrogens is 1270 g/mol. The largest absolute Gasteiger partial charge is 0.490 e. The van der Waals surface area contributed by atoms with Crippen LogP contribution in [0.4, 0.5) is 69.7 Å². The van der Waals surface area contributed by atoms with Gasteiger partial charge in [-0.25, -0.2) is 19.2 Å². The van der Waals surface area contributed by atoms with Gasteiger partial charge < -0.3 is 63.8 Å². The summed E-state index contributed by atoms with van der Waals surface area (Å²) in [6.45, 7) is 8.54. The second-order valence-electron chi connectivity index (χ2n) is 19.8. The minimum Gasteiger partial charge on any atom is -0.475 e. The van der Waals surface area contributed by atoms with Gasteiger partial charge in [-0.05, 0) is 95.3 Å². The van der Waals surface area contributed by atoms with E-state index in [4.69, 9.17) is 56.8 Å². The lowest BCUT2D eigenvalue weighted by Gasteiger charge is -2.37. The number of imide groups is 1. The average molecular weight is 1340 g/mol. The number of anilines is 3. The number of alkyl halides is 12. The molecule has 0 aromatic heterocycles. The Kier molecular flexibility index (Phi) is 33.5. The van der Waals surface area contributed by atoms with Crippen LogP contribution in [0.5, 0.6) is 0 Å². The van der Waals surface area contributed by atoms with Gasteiger partial charge in [0.25, 0.3) is 5.91 Å². The first-order chi connectivity index (χ1) is 42.5. The van der Waals surface area contributed by atoms with Gasteiger partial charge in [-0.15, -0.1) is 0 Å². The lowest BCUT2D eigenvalue weighted by molar-refractivity contribution is -0.193. The van der Waals surface area contributed by atoms with Crippen molar-refractivity contribution in [3.05, 3.63) is 54.1 Å². The highest BCUT2D eigenvalue weighted by Gasteiger charge is 2.41. The van der Waals surface area contributed by atoms with E-state index in [1.54, 1.807) is 29.2 Å². The number of hydrogen-bond donors (Lipinski definition) is 12. The summed E-state index contributed by atoms with van der Waals surface area (Å²) in [5.74, 6) is -13.4. The molecule has 28 nitrogen and oxygen atoms in total. The minimum atomic E-state index is -5.08. The van der Waals surface area contributed by atoms with Crippen molar-refractivity contribution < 1.29 is 126 Å². The Morgan fingerprint density at radius 2 is 1.11 bits per heavy atom. The lowest BCUT2D eigenvalue weighted by Crippen LogP contribution is -2.56. The van der Waals surface area contributed by atoms with Crippen molar-refractivity contribution in [2.45, 2.75) is 102 Å². The fraction of sp³-hybridized carbons (Fsp3) is 0.538. The molecule has 2 aromatic rings. The number of carbonyl (C=O) groups is 11. The zero-order valence-corrected chi connectivity index (χ0v) is 48.9. The molecule has 40 heteroatoms. The van der Waals surface area contributed by atoms with Crippen molar-refractivity contribution in [1.82, 2.24) is 36.0 Å². The number of halogens is 12. The van der Waals surface area contributed by atoms with Gasteiger partial charge in [-0.1, -0.05) is 24.3 Å². The molecule has 2 fully saturated rings. The van der Waals surface area contributed by atoms with E-state index in [-0.39, 0.29) is 42.6 Å². The monoisotopic (exact) mass is 1340 g/mol. The number of fused-ring (bicyclic) bond motifs is 2. The van der Waals surface area contributed by atoms with E-state index < -0.39 is 90.3 Å². The van der Waals surface area contributed by atoms with Crippen molar-refractivity contribution in [3.63, 3.8) is 0 Å². The number of carboxylic acid groups (broad SMARTS) is 4. The summed E-state index contributed by atoms with van der Waals surface area (Å²) in [6.07, 6.45) is -16.7. The molecule has 0 bridgehead atoms. The molecule has 7 amide bonds. The molecule has 516 valence electrons. The Balaban J connectivity index is 0.00000125. The lowest BCUT2D eigenvalue weighted by atomic mass is 9.93. The standard InChI is InChI=1S/C44H65N13O7.4C2HF3O2/c1-29(40(61)53-43(64)35(11-7-17-45)51-30(2)58)50-42(63)34(12-8-18-49-44(46)47)48-19-22-54-23-25-56(26-24-54)38(59)27-31-15-20-55(21-16-31)28-39(60)57-36-13-5-3-9-32(36)41(62)52-33-10-4-6-14-37(33)57;4*3-2(4,5)1(6)7/h3-6,9-10,13-14,29,31,34-35,48H,7-8,11-12,15-28,45H2,1-2H3,(H,50,63)(H,51,58)(H,52,62)(H4,46,47,49)(H,53,61,64);4*(H,6,7)/t29-,34-,35-;;;;/m0..../s1. The number of nitrogens with one attached hydrogen (secondary N) is 5. The first-order valence-electron chi connectivity index (χ1n) is 27.2. The summed E-state index contributed by atoms with van der Waals surface area (Å²) < 4.78 is 127. The molecule has 0 spiro atoms. The summed E-state index contributed by atoms with van der Waals surface area (Å²) in [5, 5.41) is 42.2.